The van der Waals surface area contributed by atoms with Crippen LogP contribution in [0.15, 0.2) is 54.6 Å². The molecule has 35 heavy (non-hydrogen) atoms. The summed E-state index contributed by atoms with van der Waals surface area (Å²) in [5.41, 5.74) is 6.18. The number of carbonyl (C=O) groups excluding carboxylic acids is 1. The van der Waals surface area contributed by atoms with E-state index in [0.717, 1.165) is 64.3 Å². The van der Waals surface area contributed by atoms with Gasteiger partial charge in [0.1, 0.15) is 17.4 Å². The molecule has 1 fully saturated rings. The van der Waals surface area contributed by atoms with E-state index in [4.69, 9.17) is 9.72 Å². The average Bonchev–Trinajstić information content (AvgIpc) is 3.21. The van der Waals surface area contributed by atoms with Crippen molar-refractivity contribution in [1.29, 1.82) is 0 Å². The highest BCUT2D eigenvalue weighted by molar-refractivity contribution is 5.97. The average molecular weight is 472 g/mol. The van der Waals surface area contributed by atoms with Crippen LogP contribution >= 0.6 is 0 Å². The number of fused-ring (bicyclic) bond motifs is 1. The molecule has 0 N–H and O–H groups in total. The number of rotatable bonds is 4. The lowest BCUT2D eigenvalue weighted by Gasteiger charge is -2.36. The zero-order valence-corrected chi connectivity index (χ0v) is 20.6. The van der Waals surface area contributed by atoms with Crippen LogP contribution in [0.25, 0.3) is 16.7 Å². The lowest BCUT2D eigenvalue weighted by atomic mass is 9.95. The number of carbonyl (C=O) groups is 1. The van der Waals surface area contributed by atoms with Crippen molar-refractivity contribution in [2.24, 2.45) is 0 Å². The number of amides is 1. The summed E-state index contributed by atoms with van der Waals surface area (Å²) in [6.07, 6.45) is 2.75. The summed E-state index contributed by atoms with van der Waals surface area (Å²) in [6, 6.07) is 16.3. The van der Waals surface area contributed by atoms with Gasteiger partial charge in [0.15, 0.2) is 0 Å². The number of aromatic nitrogens is 2. The van der Waals surface area contributed by atoms with E-state index in [0.29, 0.717) is 12.1 Å². The molecule has 1 aliphatic heterocycles. The van der Waals surface area contributed by atoms with Crippen molar-refractivity contribution in [1.82, 2.24) is 14.5 Å². The van der Waals surface area contributed by atoms with Crippen LogP contribution in [-0.4, -0.2) is 34.0 Å². The van der Waals surface area contributed by atoms with Crippen LogP contribution < -0.4 is 4.74 Å². The van der Waals surface area contributed by atoms with Crippen molar-refractivity contribution in [2.45, 2.75) is 46.1 Å². The van der Waals surface area contributed by atoms with Gasteiger partial charge >= 0.3 is 0 Å². The first-order valence-corrected chi connectivity index (χ1v) is 12.1. The number of nitrogens with zero attached hydrogens (tertiary/aromatic N) is 3. The molecule has 0 radical (unpaired) electrons. The molecule has 0 bridgehead atoms. The minimum Gasteiger partial charge on any atom is -0.497 e. The molecule has 5 nitrogen and oxygen atoms in total. The van der Waals surface area contributed by atoms with Crippen molar-refractivity contribution in [2.75, 3.05) is 13.7 Å². The lowest BCUT2D eigenvalue weighted by Crippen LogP contribution is -2.40. The van der Waals surface area contributed by atoms with E-state index in [-0.39, 0.29) is 17.8 Å². The maximum Gasteiger partial charge on any atom is 0.255 e. The van der Waals surface area contributed by atoms with Crippen molar-refractivity contribution in [3.63, 3.8) is 0 Å². The standard InChI is InChI=1S/C29H30FN3O2/c1-18-15-19(2)27(20(3)16-18)29(34)32-14-6-5-7-26(32)28-31-24-17-21(30)8-13-25(24)33(28)22-9-11-23(35-4)12-10-22/h8-13,15-17,26H,5-7,14H2,1-4H3. The van der Waals surface area contributed by atoms with Gasteiger partial charge in [0.25, 0.3) is 5.91 Å². The van der Waals surface area contributed by atoms with Gasteiger partial charge in [-0.15, -0.1) is 0 Å². The molecule has 5 rings (SSSR count). The number of aryl methyl sites for hydroxylation is 3. The second kappa shape index (κ2) is 9.17. The number of imidazole rings is 1. The molecule has 4 aromatic rings. The Hall–Kier alpha value is -3.67. The minimum atomic E-state index is -0.328. The van der Waals surface area contributed by atoms with Crippen LogP contribution in [0.3, 0.4) is 0 Å². The Balaban J connectivity index is 1.66. The van der Waals surface area contributed by atoms with Crippen LogP contribution in [0.4, 0.5) is 4.39 Å². The molecule has 1 amide bonds. The molecule has 0 aliphatic carbocycles. The lowest BCUT2D eigenvalue weighted by molar-refractivity contribution is 0.0597. The first kappa shape index (κ1) is 23.1. The highest BCUT2D eigenvalue weighted by Crippen LogP contribution is 2.36. The number of piperidine rings is 1. The van der Waals surface area contributed by atoms with E-state index in [9.17, 15) is 9.18 Å². The van der Waals surface area contributed by atoms with Gasteiger partial charge in [-0.25, -0.2) is 9.37 Å². The molecular formula is C29H30FN3O2. The summed E-state index contributed by atoms with van der Waals surface area (Å²) in [5.74, 6) is 1.21. The Kier molecular flexibility index (Phi) is 6.05. The van der Waals surface area contributed by atoms with Gasteiger partial charge < -0.3 is 9.64 Å². The Morgan fingerprint density at radius 3 is 2.40 bits per heavy atom. The molecule has 180 valence electrons. The van der Waals surface area contributed by atoms with E-state index in [1.807, 2.05) is 49.9 Å². The summed E-state index contributed by atoms with van der Waals surface area (Å²) in [6.45, 7) is 6.72. The van der Waals surface area contributed by atoms with E-state index in [1.54, 1.807) is 13.2 Å². The van der Waals surface area contributed by atoms with Gasteiger partial charge in [-0.05, 0) is 87.6 Å². The first-order valence-electron chi connectivity index (χ1n) is 12.1. The third-order valence-electron chi connectivity index (χ3n) is 6.93. The van der Waals surface area contributed by atoms with Gasteiger partial charge in [0.2, 0.25) is 0 Å². The van der Waals surface area contributed by atoms with Gasteiger partial charge in [-0.3, -0.25) is 9.36 Å². The summed E-state index contributed by atoms with van der Waals surface area (Å²) >= 11 is 0. The number of hydrogen-bond acceptors (Lipinski definition) is 3. The van der Waals surface area contributed by atoms with Gasteiger partial charge in [0, 0.05) is 23.9 Å². The highest BCUT2D eigenvalue weighted by Gasteiger charge is 2.34. The molecule has 1 aromatic heterocycles. The topological polar surface area (TPSA) is 47.4 Å². The van der Waals surface area contributed by atoms with Gasteiger partial charge in [0.05, 0.1) is 24.2 Å². The number of benzene rings is 3. The monoisotopic (exact) mass is 471 g/mol. The number of likely N-dealkylation sites (tertiary alicyclic amines) is 1. The van der Waals surface area contributed by atoms with E-state index < -0.39 is 0 Å². The zero-order chi connectivity index (χ0) is 24.7. The SMILES string of the molecule is COc1ccc(-n2c(C3CCCCN3C(=O)c3c(C)cc(C)cc3C)nc3cc(F)ccc32)cc1. The van der Waals surface area contributed by atoms with Crippen molar-refractivity contribution < 1.29 is 13.9 Å². The highest BCUT2D eigenvalue weighted by atomic mass is 19.1. The fraction of sp³-hybridized carbons (Fsp3) is 0.310. The summed E-state index contributed by atoms with van der Waals surface area (Å²) in [7, 11) is 1.64. The molecule has 1 atom stereocenters. The van der Waals surface area contributed by atoms with Crippen molar-refractivity contribution >= 4 is 16.9 Å². The third kappa shape index (κ3) is 4.18. The molecular weight excluding hydrogens is 441 g/mol. The molecule has 0 saturated carbocycles. The first-order chi connectivity index (χ1) is 16.9. The molecule has 2 heterocycles. The normalized spacial score (nSPS) is 16.0. The fourth-order valence-electron chi connectivity index (χ4n) is 5.40. The minimum absolute atomic E-state index is 0.0317. The summed E-state index contributed by atoms with van der Waals surface area (Å²) in [4.78, 5) is 20.8. The maximum absolute atomic E-state index is 14.1. The maximum atomic E-state index is 14.1. The molecule has 0 spiro atoms. The quantitative estimate of drug-likeness (QED) is 0.343. The molecule has 1 saturated heterocycles. The van der Waals surface area contributed by atoms with Crippen LogP contribution in [0.2, 0.25) is 0 Å². The smallest absolute Gasteiger partial charge is 0.255 e. The second-order valence-corrected chi connectivity index (χ2v) is 9.42. The van der Waals surface area contributed by atoms with Gasteiger partial charge in [-0.2, -0.15) is 0 Å². The Labute approximate surface area is 205 Å². The molecule has 1 aliphatic rings. The number of ether oxygens (including phenoxy) is 1. The second-order valence-electron chi connectivity index (χ2n) is 9.42. The van der Waals surface area contributed by atoms with Crippen LogP contribution in [0.5, 0.6) is 5.75 Å². The van der Waals surface area contributed by atoms with E-state index in [2.05, 4.69) is 16.7 Å². The predicted octanol–water partition coefficient (Wildman–Crippen LogP) is 6.47. The van der Waals surface area contributed by atoms with E-state index in [1.165, 1.54) is 12.1 Å². The number of methoxy groups -OCH3 is 1. The predicted molar refractivity (Wildman–Crippen MR) is 136 cm³/mol. The van der Waals surface area contributed by atoms with Crippen molar-refractivity contribution in [3.8, 4) is 11.4 Å². The molecule has 3 aromatic carbocycles. The Morgan fingerprint density at radius 2 is 1.71 bits per heavy atom. The zero-order valence-electron chi connectivity index (χ0n) is 20.6. The summed E-state index contributed by atoms with van der Waals surface area (Å²) < 4.78 is 21.5. The molecule has 6 heteroatoms. The Bertz CT molecular complexity index is 1380. The van der Waals surface area contributed by atoms with Gasteiger partial charge in [-0.1, -0.05) is 17.7 Å². The largest absolute Gasteiger partial charge is 0.497 e. The van der Waals surface area contributed by atoms with Crippen LogP contribution in [0, 0.1) is 26.6 Å². The van der Waals surface area contributed by atoms with E-state index >= 15 is 0 Å². The summed E-state index contributed by atoms with van der Waals surface area (Å²) in [5, 5.41) is 0. The number of halogens is 1. The number of hydrogen-bond donors (Lipinski definition) is 0. The third-order valence-corrected chi connectivity index (χ3v) is 6.93. The van der Waals surface area contributed by atoms with Crippen LogP contribution in [-0.2, 0) is 0 Å². The molecule has 1 unspecified atom stereocenters. The fourth-order valence-corrected chi connectivity index (χ4v) is 5.40. The van der Waals surface area contributed by atoms with Crippen LogP contribution in [0.1, 0.15) is 58.2 Å². The van der Waals surface area contributed by atoms with Crippen molar-refractivity contribution in [3.05, 3.63) is 88.5 Å². The Morgan fingerprint density at radius 1 is 1.00 bits per heavy atom.